The molecular formula is C19H28O2. The van der Waals surface area contributed by atoms with Gasteiger partial charge in [0.25, 0.3) is 0 Å². The van der Waals surface area contributed by atoms with Gasteiger partial charge in [-0.1, -0.05) is 26.0 Å². The molecule has 1 heterocycles. The molecule has 0 amide bonds. The molecule has 1 aliphatic carbocycles. The van der Waals surface area contributed by atoms with Crippen molar-refractivity contribution >= 4 is 0 Å². The highest BCUT2D eigenvalue weighted by Crippen LogP contribution is 2.44. The number of benzene rings is 1. The van der Waals surface area contributed by atoms with Gasteiger partial charge in [0.15, 0.2) is 0 Å². The van der Waals surface area contributed by atoms with Gasteiger partial charge in [0, 0.05) is 6.61 Å². The first-order valence-corrected chi connectivity index (χ1v) is 8.52. The Hall–Kier alpha value is -1.02. The van der Waals surface area contributed by atoms with E-state index in [4.69, 9.17) is 4.74 Å². The van der Waals surface area contributed by atoms with Crippen molar-refractivity contribution in [1.82, 2.24) is 0 Å². The van der Waals surface area contributed by atoms with Crippen LogP contribution in [0.2, 0.25) is 0 Å². The van der Waals surface area contributed by atoms with Gasteiger partial charge in [0.05, 0.1) is 6.10 Å². The van der Waals surface area contributed by atoms with Gasteiger partial charge < -0.3 is 9.84 Å². The van der Waals surface area contributed by atoms with E-state index in [0.29, 0.717) is 17.8 Å². The third kappa shape index (κ3) is 3.60. The number of phenolic OH excluding ortho intramolecular Hbond substituents is 1. The lowest BCUT2D eigenvalue weighted by Crippen LogP contribution is -2.39. The molecular weight excluding hydrogens is 260 g/mol. The third-order valence-electron chi connectivity index (χ3n) is 5.50. The summed E-state index contributed by atoms with van der Waals surface area (Å²) < 4.78 is 5.97. The largest absolute Gasteiger partial charge is 0.508 e. The van der Waals surface area contributed by atoms with Crippen LogP contribution >= 0.6 is 0 Å². The fourth-order valence-electron chi connectivity index (χ4n) is 4.08. The third-order valence-corrected chi connectivity index (χ3v) is 5.50. The Morgan fingerprint density at radius 1 is 1.29 bits per heavy atom. The van der Waals surface area contributed by atoms with E-state index in [0.717, 1.165) is 24.4 Å². The maximum absolute atomic E-state index is 9.59. The zero-order valence-corrected chi connectivity index (χ0v) is 13.3. The number of hydrogen-bond acceptors (Lipinski definition) is 2. The molecule has 3 atom stereocenters. The van der Waals surface area contributed by atoms with E-state index in [1.165, 1.54) is 37.7 Å². The maximum atomic E-state index is 9.59. The monoisotopic (exact) mass is 288 g/mol. The lowest BCUT2D eigenvalue weighted by molar-refractivity contribution is -0.0743. The predicted molar refractivity (Wildman–Crippen MR) is 85.5 cm³/mol. The maximum Gasteiger partial charge on any atom is 0.115 e. The van der Waals surface area contributed by atoms with Crippen LogP contribution in [0.1, 0.15) is 57.4 Å². The first kappa shape index (κ1) is 14.9. The van der Waals surface area contributed by atoms with Gasteiger partial charge in [0.1, 0.15) is 5.75 Å². The molecule has 1 unspecified atom stereocenters. The Labute approximate surface area is 128 Å². The molecule has 0 radical (unpaired) electrons. The molecule has 2 nitrogen and oxygen atoms in total. The van der Waals surface area contributed by atoms with Crippen LogP contribution < -0.4 is 0 Å². The smallest absolute Gasteiger partial charge is 0.115 e. The Morgan fingerprint density at radius 2 is 2.10 bits per heavy atom. The molecule has 116 valence electrons. The highest BCUT2D eigenvalue weighted by Gasteiger charge is 2.37. The normalized spacial score (nSPS) is 34.2. The molecule has 1 aromatic carbocycles. The average molecular weight is 288 g/mol. The Balaban J connectivity index is 1.46. The van der Waals surface area contributed by atoms with Gasteiger partial charge in [-0.15, -0.1) is 0 Å². The minimum Gasteiger partial charge on any atom is -0.508 e. The van der Waals surface area contributed by atoms with E-state index in [9.17, 15) is 5.11 Å². The summed E-state index contributed by atoms with van der Waals surface area (Å²) in [5.74, 6) is 3.40. The van der Waals surface area contributed by atoms with Crippen LogP contribution in [0.4, 0.5) is 0 Å². The van der Waals surface area contributed by atoms with Crippen LogP contribution in [0.5, 0.6) is 5.75 Å². The predicted octanol–water partition coefficient (Wildman–Crippen LogP) is 4.73. The second kappa shape index (κ2) is 6.39. The van der Waals surface area contributed by atoms with Crippen molar-refractivity contribution in [3.8, 4) is 5.75 Å². The first-order valence-electron chi connectivity index (χ1n) is 8.52. The summed E-state index contributed by atoms with van der Waals surface area (Å²) in [7, 11) is 0. The van der Waals surface area contributed by atoms with Gasteiger partial charge >= 0.3 is 0 Å². The van der Waals surface area contributed by atoms with Crippen molar-refractivity contribution in [3.05, 3.63) is 29.8 Å². The standard InChI is InChI=1S/C19H28O2/c1-13-6-7-21-19(8-13)17-10-15(11-17)9-14(2)16-4-3-5-18(20)12-16/h3-5,12-15,17,19-20H,6-11H2,1-2H3/t13-,14?,15?,17?,19+/m0/s1. The summed E-state index contributed by atoms with van der Waals surface area (Å²) in [5.41, 5.74) is 1.26. The minimum absolute atomic E-state index is 0.385. The van der Waals surface area contributed by atoms with Gasteiger partial charge in [-0.2, -0.15) is 0 Å². The highest BCUT2D eigenvalue weighted by atomic mass is 16.5. The second-order valence-electron chi connectivity index (χ2n) is 7.37. The molecule has 2 heteroatoms. The number of rotatable bonds is 4. The van der Waals surface area contributed by atoms with E-state index >= 15 is 0 Å². The molecule has 1 aliphatic heterocycles. The number of phenols is 1. The van der Waals surface area contributed by atoms with E-state index < -0.39 is 0 Å². The lowest BCUT2D eigenvalue weighted by atomic mass is 9.67. The minimum atomic E-state index is 0.385. The van der Waals surface area contributed by atoms with E-state index in [1.54, 1.807) is 6.07 Å². The van der Waals surface area contributed by atoms with Gasteiger partial charge in [-0.25, -0.2) is 0 Å². The number of aromatic hydroxyl groups is 1. The molecule has 2 fully saturated rings. The number of hydrogen-bond donors (Lipinski definition) is 1. The van der Waals surface area contributed by atoms with Crippen LogP contribution in [0.25, 0.3) is 0 Å². The van der Waals surface area contributed by atoms with Crippen molar-refractivity contribution in [2.24, 2.45) is 17.8 Å². The Bertz CT molecular complexity index is 464. The van der Waals surface area contributed by atoms with Gasteiger partial charge in [-0.05, 0) is 73.5 Å². The topological polar surface area (TPSA) is 29.5 Å². The Kier molecular flexibility index (Phi) is 4.54. The summed E-state index contributed by atoms with van der Waals surface area (Å²) in [6.45, 7) is 5.60. The van der Waals surface area contributed by atoms with E-state index in [2.05, 4.69) is 19.9 Å². The van der Waals surface area contributed by atoms with Crippen LogP contribution in [0.3, 0.4) is 0 Å². The summed E-state index contributed by atoms with van der Waals surface area (Å²) in [6, 6.07) is 7.73. The number of ether oxygens (including phenoxy) is 1. The summed E-state index contributed by atoms with van der Waals surface area (Å²) in [4.78, 5) is 0. The average Bonchev–Trinajstić information content (AvgIpc) is 2.42. The molecule has 1 saturated carbocycles. The molecule has 1 saturated heterocycles. The van der Waals surface area contributed by atoms with Crippen molar-refractivity contribution in [3.63, 3.8) is 0 Å². The van der Waals surface area contributed by atoms with E-state index in [-0.39, 0.29) is 0 Å². The van der Waals surface area contributed by atoms with Gasteiger partial charge in [-0.3, -0.25) is 0 Å². The lowest BCUT2D eigenvalue weighted by Gasteiger charge is -2.43. The fraction of sp³-hybridized carbons (Fsp3) is 0.684. The fourth-order valence-corrected chi connectivity index (χ4v) is 4.08. The molecule has 2 aliphatic rings. The van der Waals surface area contributed by atoms with Crippen molar-refractivity contribution in [2.75, 3.05) is 6.61 Å². The first-order chi connectivity index (χ1) is 10.1. The van der Waals surface area contributed by atoms with Crippen LogP contribution in [0, 0.1) is 17.8 Å². The van der Waals surface area contributed by atoms with Crippen LogP contribution in [0.15, 0.2) is 24.3 Å². The van der Waals surface area contributed by atoms with Gasteiger partial charge in [0.2, 0.25) is 0 Å². The molecule has 1 aromatic rings. The summed E-state index contributed by atoms with van der Waals surface area (Å²) >= 11 is 0. The zero-order valence-electron chi connectivity index (χ0n) is 13.3. The van der Waals surface area contributed by atoms with Crippen LogP contribution in [-0.2, 0) is 4.74 Å². The molecule has 21 heavy (non-hydrogen) atoms. The SMILES string of the molecule is CC(CC1CC([C@H]2C[C@@H](C)CCO2)C1)c1cccc(O)c1. The molecule has 0 bridgehead atoms. The zero-order chi connectivity index (χ0) is 14.8. The second-order valence-corrected chi connectivity index (χ2v) is 7.37. The van der Waals surface area contributed by atoms with E-state index in [1.807, 2.05) is 12.1 Å². The Morgan fingerprint density at radius 3 is 2.81 bits per heavy atom. The van der Waals surface area contributed by atoms with Crippen molar-refractivity contribution in [1.29, 1.82) is 0 Å². The summed E-state index contributed by atoms with van der Waals surface area (Å²) in [6.07, 6.45) is 6.94. The molecule has 0 aromatic heterocycles. The molecule has 3 rings (SSSR count). The van der Waals surface area contributed by atoms with Crippen molar-refractivity contribution in [2.45, 2.75) is 58.0 Å². The van der Waals surface area contributed by atoms with Crippen molar-refractivity contribution < 1.29 is 9.84 Å². The highest BCUT2D eigenvalue weighted by molar-refractivity contribution is 5.29. The molecule has 1 N–H and O–H groups in total. The molecule has 0 spiro atoms. The summed E-state index contributed by atoms with van der Waals surface area (Å²) in [5, 5.41) is 9.59. The van der Waals surface area contributed by atoms with Crippen LogP contribution in [-0.4, -0.2) is 17.8 Å². The quantitative estimate of drug-likeness (QED) is 0.868.